The number of hydroxylamine groups is 1. The summed E-state index contributed by atoms with van der Waals surface area (Å²) in [7, 11) is 0. The highest BCUT2D eigenvalue weighted by molar-refractivity contribution is 4.89. The van der Waals surface area contributed by atoms with Crippen molar-refractivity contribution in [2.45, 2.75) is 83.4 Å². The van der Waals surface area contributed by atoms with Gasteiger partial charge >= 0.3 is 0 Å². The van der Waals surface area contributed by atoms with Crippen LogP contribution in [0.25, 0.3) is 0 Å². The molecule has 1 aliphatic heterocycles. The normalized spacial score (nSPS) is 34.5. The van der Waals surface area contributed by atoms with Crippen molar-refractivity contribution in [1.29, 1.82) is 0 Å². The van der Waals surface area contributed by atoms with Crippen LogP contribution in [0.1, 0.15) is 65.7 Å². The Morgan fingerprint density at radius 2 is 1.72 bits per heavy atom. The van der Waals surface area contributed by atoms with Crippen LogP contribution in [0.5, 0.6) is 0 Å². The number of piperidine rings is 1. The van der Waals surface area contributed by atoms with E-state index < -0.39 is 0 Å². The monoisotopic (exact) mass is 254 g/mol. The van der Waals surface area contributed by atoms with Gasteiger partial charge in [0.15, 0.2) is 0 Å². The van der Waals surface area contributed by atoms with Crippen molar-refractivity contribution >= 4 is 0 Å². The van der Waals surface area contributed by atoms with E-state index in [2.05, 4.69) is 31.6 Å². The zero-order chi connectivity index (χ0) is 13.0. The van der Waals surface area contributed by atoms with Crippen LogP contribution in [0.15, 0.2) is 0 Å². The smallest absolute Gasteiger partial charge is 0.0813 e. The van der Waals surface area contributed by atoms with Gasteiger partial charge in [0.1, 0.15) is 0 Å². The van der Waals surface area contributed by atoms with E-state index in [1.54, 1.807) is 0 Å². The Bertz CT molecular complexity index is 243. The van der Waals surface area contributed by atoms with Gasteiger partial charge in [-0.25, -0.2) is 0 Å². The van der Waals surface area contributed by atoms with Crippen molar-refractivity contribution in [2.75, 3.05) is 6.54 Å². The van der Waals surface area contributed by atoms with E-state index in [0.29, 0.717) is 12.1 Å². The molecule has 2 aliphatic rings. The Labute approximate surface area is 112 Å². The second-order valence-corrected chi connectivity index (χ2v) is 6.94. The molecule has 1 saturated heterocycles. The molecule has 1 aliphatic carbocycles. The second kappa shape index (κ2) is 6.36. The Hall–Kier alpha value is -0.120. The van der Waals surface area contributed by atoms with Crippen LogP contribution in [0.2, 0.25) is 0 Å². The topological polar surface area (TPSA) is 33.3 Å². The average molecular weight is 254 g/mol. The molecule has 3 unspecified atom stereocenters. The van der Waals surface area contributed by atoms with Crippen molar-refractivity contribution in [3.05, 3.63) is 0 Å². The zero-order valence-corrected chi connectivity index (χ0v) is 12.3. The fraction of sp³-hybridized carbons (Fsp3) is 1.00. The van der Waals surface area contributed by atoms with Crippen LogP contribution in [0.4, 0.5) is 0 Å². The zero-order valence-electron chi connectivity index (χ0n) is 12.3. The van der Waals surface area contributed by atoms with Gasteiger partial charge in [-0.3, -0.25) is 4.84 Å². The molecule has 0 aromatic carbocycles. The molecule has 3 nitrogen and oxygen atoms in total. The third kappa shape index (κ3) is 4.22. The van der Waals surface area contributed by atoms with E-state index in [1.165, 1.54) is 51.5 Å². The maximum Gasteiger partial charge on any atom is 0.0813 e. The highest BCUT2D eigenvalue weighted by atomic mass is 16.7. The first-order chi connectivity index (χ1) is 8.56. The van der Waals surface area contributed by atoms with Gasteiger partial charge in [-0.05, 0) is 58.9 Å². The van der Waals surface area contributed by atoms with Gasteiger partial charge in [0.05, 0.1) is 5.60 Å². The quantitative estimate of drug-likeness (QED) is 0.760. The predicted octanol–water partition coefficient (Wildman–Crippen LogP) is 3.01. The lowest BCUT2D eigenvalue weighted by atomic mass is 9.77. The Morgan fingerprint density at radius 1 is 1.00 bits per heavy atom. The minimum atomic E-state index is -0.0952. The van der Waals surface area contributed by atoms with Crippen LogP contribution in [-0.4, -0.2) is 24.2 Å². The first-order valence-electron chi connectivity index (χ1n) is 7.73. The molecule has 2 N–H and O–H groups in total. The summed E-state index contributed by atoms with van der Waals surface area (Å²) in [5.41, 5.74) is 3.27. The summed E-state index contributed by atoms with van der Waals surface area (Å²) in [6, 6.07) is 1.24. The van der Waals surface area contributed by atoms with Crippen molar-refractivity contribution in [1.82, 2.24) is 10.8 Å². The maximum absolute atomic E-state index is 5.81. The lowest BCUT2D eigenvalue weighted by molar-refractivity contribution is -0.104. The van der Waals surface area contributed by atoms with E-state index in [9.17, 15) is 0 Å². The van der Waals surface area contributed by atoms with E-state index >= 15 is 0 Å². The summed E-state index contributed by atoms with van der Waals surface area (Å²) in [5.74, 6) is 0.751. The van der Waals surface area contributed by atoms with Gasteiger partial charge in [-0.2, -0.15) is 5.48 Å². The standard InChI is InChI=1S/C15H30N2O/c1-15(2,3)18-17-14-10-5-4-8-12(14)13-9-6-7-11-16-13/h12-14,16-17H,4-11H2,1-3H3. The molecule has 1 heterocycles. The van der Waals surface area contributed by atoms with Gasteiger partial charge < -0.3 is 5.32 Å². The van der Waals surface area contributed by atoms with Crippen molar-refractivity contribution in [2.24, 2.45) is 5.92 Å². The lowest BCUT2D eigenvalue weighted by Gasteiger charge is -2.40. The minimum Gasteiger partial charge on any atom is -0.314 e. The summed E-state index contributed by atoms with van der Waals surface area (Å²) < 4.78 is 0. The molecular weight excluding hydrogens is 224 g/mol. The second-order valence-electron chi connectivity index (χ2n) is 6.94. The molecule has 0 radical (unpaired) electrons. The Morgan fingerprint density at radius 3 is 2.39 bits per heavy atom. The summed E-state index contributed by atoms with van der Waals surface area (Å²) in [5, 5.41) is 3.72. The number of rotatable bonds is 3. The molecule has 0 spiro atoms. The fourth-order valence-corrected chi connectivity index (χ4v) is 3.28. The number of hydrogen-bond donors (Lipinski definition) is 2. The largest absolute Gasteiger partial charge is 0.314 e. The third-order valence-electron chi connectivity index (χ3n) is 4.20. The molecule has 0 aromatic rings. The Balaban J connectivity index is 1.88. The third-order valence-corrected chi connectivity index (χ3v) is 4.20. The van der Waals surface area contributed by atoms with Crippen molar-refractivity contribution in [3.63, 3.8) is 0 Å². The first kappa shape index (κ1) is 14.3. The molecule has 0 bridgehead atoms. The Kier molecular flexibility index (Phi) is 5.05. The lowest BCUT2D eigenvalue weighted by Crippen LogP contribution is -2.51. The molecule has 18 heavy (non-hydrogen) atoms. The number of hydrogen-bond acceptors (Lipinski definition) is 3. The first-order valence-corrected chi connectivity index (χ1v) is 7.73. The van der Waals surface area contributed by atoms with Crippen LogP contribution < -0.4 is 10.8 Å². The van der Waals surface area contributed by atoms with Crippen molar-refractivity contribution < 1.29 is 4.84 Å². The molecule has 2 fully saturated rings. The minimum absolute atomic E-state index is 0.0952. The maximum atomic E-state index is 5.81. The molecule has 2 rings (SSSR count). The molecule has 1 saturated carbocycles. The van der Waals surface area contributed by atoms with Gasteiger partial charge in [-0.15, -0.1) is 0 Å². The van der Waals surface area contributed by atoms with Gasteiger partial charge in [-0.1, -0.05) is 19.3 Å². The van der Waals surface area contributed by atoms with Crippen LogP contribution >= 0.6 is 0 Å². The van der Waals surface area contributed by atoms with Gasteiger partial charge in [0.2, 0.25) is 0 Å². The highest BCUT2D eigenvalue weighted by Gasteiger charge is 2.33. The highest BCUT2D eigenvalue weighted by Crippen LogP contribution is 2.30. The van der Waals surface area contributed by atoms with E-state index in [0.717, 1.165) is 5.92 Å². The molecule has 0 amide bonds. The van der Waals surface area contributed by atoms with Gasteiger partial charge in [0.25, 0.3) is 0 Å². The van der Waals surface area contributed by atoms with E-state index in [1.807, 2.05) is 0 Å². The molecule has 106 valence electrons. The molecule has 3 heteroatoms. The summed E-state index contributed by atoms with van der Waals surface area (Å²) in [4.78, 5) is 5.81. The predicted molar refractivity (Wildman–Crippen MR) is 75.4 cm³/mol. The number of nitrogens with one attached hydrogen (secondary N) is 2. The van der Waals surface area contributed by atoms with E-state index in [-0.39, 0.29) is 5.60 Å². The van der Waals surface area contributed by atoms with Crippen molar-refractivity contribution in [3.8, 4) is 0 Å². The van der Waals surface area contributed by atoms with Crippen LogP contribution in [0, 0.1) is 5.92 Å². The summed E-state index contributed by atoms with van der Waals surface area (Å²) >= 11 is 0. The summed E-state index contributed by atoms with van der Waals surface area (Å²) in [6.07, 6.45) is 9.42. The molecular formula is C15H30N2O. The molecule has 0 aromatic heterocycles. The summed E-state index contributed by atoms with van der Waals surface area (Å²) in [6.45, 7) is 7.53. The fourth-order valence-electron chi connectivity index (χ4n) is 3.28. The molecule has 3 atom stereocenters. The van der Waals surface area contributed by atoms with E-state index in [4.69, 9.17) is 4.84 Å². The van der Waals surface area contributed by atoms with Crippen LogP contribution in [0.3, 0.4) is 0 Å². The van der Waals surface area contributed by atoms with Gasteiger partial charge in [0, 0.05) is 12.1 Å². The average Bonchev–Trinajstić information content (AvgIpc) is 2.37. The van der Waals surface area contributed by atoms with Crippen LogP contribution in [-0.2, 0) is 4.84 Å². The SMILES string of the molecule is CC(C)(C)ONC1CCCCC1C1CCCCN1.